The standard InChI is InChI=1S/C23H26N4O5/c1-11-21(29)15(10-24-12-4-6-13(7-5-12)27(2)3)18-20(22(11)30)26-17-14(23(31)32)8-9-16(28)19(17)25-18/h8-10,12-13,28-30H,4-7H2,1-3H3,(H,31,32). The summed E-state index contributed by atoms with van der Waals surface area (Å²) in [6.07, 6.45) is 5.46. The third kappa shape index (κ3) is 3.69. The summed E-state index contributed by atoms with van der Waals surface area (Å²) in [5.74, 6) is -1.95. The van der Waals surface area contributed by atoms with E-state index >= 15 is 0 Å². The van der Waals surface area contributed by atoms with Gasteiger partial charge in [0.2, 0.25) is 0 Å². The van der Waals surface area contributed by atoms with Gasteiger partial charge in [-0.3, -0.25) is 4.99 Å². The molecule has 1 aromatic heterocycles. The topological polar surface area (TPSA) is 139 Å². The lowest BCUT2D eigenvalue weighted by Crippen LogP contribution is -2.33. The van der Waals surface area contributed by atoms with Crippen LogP contribution >= 0.6 is 0 Å². The van der Waals surface area contributed by atoms with E-state index in [1.807, 2.05) is 0 Å². The van der Waals surface area contributed by atoms with Gasteiger partial charge in [0, 0.05) is 17.8 Å². The van der Waals surface area contributed by atoms with Crippen molar-refractivity contribution in [2.24, 2.45) is 4.99 Å². The van der Waals surface area contributed by atoms with Crippen molar-refractivity contribution in [3.05, 3.63) is 28.8 Å². The molecule has 2 aromatic carbocycles. The van der Waals surface area contributed by atoms with Crippen LogP contribution in [0.25, 0.3) is 22.1 Å². The van der Waals surface area contributed by atoms with Gasteiger partial charge in [0.15, 0.2) is 0 Å². The Hall–Kier alpha value is -3.46. The van der Waals surface area contributed by atoms with E-state index in [1.54, 1.807) is 6.21 Å². The molecule has 0 unspecified atom stereocenters. The second-order valence-electron chi connectivity index (χ2n) is 8.50. The average molecular weight is 438 g/mol. The smallest absolute Gasteiger partial charge is 0.337 e. The highest BCUT2D eigenvalue weighted by atomic mass is 16.4. The number of phenolic OH excluding ortho intramolecular Hbond substituents is 3. The van der Waals surface area contributed by atoms with Gasteiger partial charge >= 0.3 is 5.97 Å². The largest absolute Gasteiger partial charge is 0.507 e. The van der Waals surface area contributed by atoms with Crippen molar-refractivity contribution in [2.75, 3.05) is 14.1 Å². The molecule has 0 saturated heterocycles. The Balaban J connectivity index is 1.85. The van der Waals surface area contributed by atoms with Gasteiger partial charge in [-0.05, 0) is 58.8 Å². The molecule has 1 saturated carbocycles. The molecule has 0 aliphatic heterocycles. The second kappa shape index (κ2) is 8.23. The van der Waals surface area contributed by atoms with Crippen LogP contribution in [0.1, 0.15) is 47.2 Å². The molecule has 32 heavy (non-hydrogen) atoms. The summed E-state index contributed by atoms with van der Waals surface area (Å²) in [7, 11) is 4.15. The van der Waals surface area contributed by atoms with E-state index < -0.39 is 5.97 Å². The van der Waals surface area contributed by atoms with Gasteiger partial charge in [-0.25, -0.2) is 14.8 Å². The third-order valence-corrected chi connectivity index (χ3v) is 6.29. The summed E-state index contributed by atoms with van der Waals surface area (Å²) in [5, 5.41) is 41.1. The monoisotopic (exact) mass is 438 g/mol. The zero-order valence-corrected chi connectivity index (χ0v) is 18.2. The number of phenols is 3. The van der Waals surface area contributed by atoms with Gasteiger partial charge in [-0.2, -0.15) is 0 Å². The summed E-state index contributed by atoms with van der Waals surface area (Å²) in [5.41, 5.74) is 0.433. The number of hydrogen-bond donors (Lipinski definition) is 4. The fourth-order valence-electron chi connectivity index (χ4n) is 4.28. The zero-order chi connectivity index (χ0) is 23.2. The van der Waals surface area contributed by atoms with Crippen LogP contribution in [-0.2, 0) is 0 Å². The molecular weight excluding hydrogens is 412 g/mol. The van der Waals surface area contributed by atoms with Crippen LogP contribution in [0.15, 0.2) is 17.1 Å². The van der Waals surface area contributed by atoms with Crippen LogP contribution < -0.4 is 0 Å². The van der Waals surface area contributed by atoms with Gasteiger partial charge < -0.3 is 25.3 Å². The molecule has 4 rings (SSSR count). The fraction of sp³-hybridized carbons (Fsp3) is 0.391. The Morgan fingerprint density at radius 2 is 1.66 bits per heavy atom. The molecule has 0 atom stereocenters. The van der Waals surface area contributed by atoms with Gasteiger partial charge in [0.05, 0.1) is 17.2 Å². The number of aromatic carboxylic acids is 1. The molecule has 0 spiro atoms. The number of hydrogen-bond acceptors (Lipinski definition) is 8. The van der Waals surface area contributed by atoms with E-state index in [2.05, 4.69) is 34.0 Å². The first-order chi connectivity index (χ1) is 15.2. The highest BCUT2D eigenvalue weighted by Gasteiger charge is 2.24. The molecule has 168 valence electrons. The quantitative estimate of drug-likeness (QED) is 0.360. The van der Waals surface area contributed by atoms with Crippen molar-refractivity contribution in [3.8, 4) is 17.2 Å². The third-order valence-electron chi connectivity index (χ3n) is 6.29. The fourth-order valence-corrected chi connectivity index (χ4v) is 4.28. The van der Waals surface area contributed by atoms with Crippen molar-refractivity contribution >= 4 is 34.3 Å². The van der Waals surface area contributed by atoms with Crippen molar-refractivity contribution in [2.45, 2.75) is 44.7 Å². The molecule has 1 aliphatic carbocycles. The van der Waals surface area contributed by atoms with Crippen molar-refractivity contribution in [1.82, 2.24) is 14.9 Å². The van der Waals surface area contributed by atoms with Gasteiger partial charge in [0.1, 0.15) is 39.3 Å². The summed E-state index contributed by atoms with van der Waals surface area (Å²) in [4.78, 5) is 27.2. The van der Waals surface area contributed by atoms with E-state index in [9.17, 15) is 25.2 Å². The molecule has 1 fully saturated rings. The number of carboxylic acids is 1. The highest BCUT2D eigenvalue weighted by molar-refractivity contribution is 6.08. The van der Waals surface area contributed by atoms with Gasteiger partial charge in [-0.15, -0.1) is 0 Å². The molecule has 9 nitrogen and oxygen atoms in total. The van der Waals surface area contributed by atoms with Crippen molar-refractivity contribution < 1.29 is 25.2 Å². The predicted molar refractivity (Wildman–Crippen MR) is 121 cm³/mol. The predicted octanol–water partition coefficient (Wildman–Crippen LogP) is 3.20. The maximum Gasteiger partial charge on any atom is 0.337 e. The SMILES string of the molecule is Cc1c(O)c(C=NC2CCC(N(C)C)CC2)c2nc3c(O)ccc(C(=O)O)c3nc2c1O. The van der Waals surface area contributed by atoms with Crippen LogP contribution in [0.4, 0.5) is 0 Å². The molecule has 0 radical (unpaired) electrons. The van der Waals surface area contributed by atoms with E-state index in [4.69, 9.17) is 0 Å². The normalized spacial score (nSPS) is 19.4. The number of aromatic nitrogens is 2. The first kappa shape index (κ1) is 21.8. The minimum Gasteiger partial charge on any atom is -0.507 e. The Labute approximate surface area is 184 Å². The van der Waals surface area contributed by atoms with E-state index in [0.29, 0.717) is 6.04 Å². The second-order valence-corrected chi connectivity index (χ2v) is 8.50. The van der Waals surface area contributed by atoms with E-state index in [1.165, 1.54) is 19.1 Å². The summed E-state index contributed by atoms with van der Waals surface area (Å²) >= 11 is 0. The Bertz CT molecular complexity index is 1250. The molecule has 9 heteroatoms. The number of carboxylic acid groups (broad SMARTS) is 1. The Morgan fingerprint density at radius 3 is 2.28 bits per heavy atom. The summed E-state index contributed by atoms with van der Waals surface area (Å²) in [6.45, 7) is 1.54. The van der Waals surface area contributed by atoms with E-state index in [-0.39, 0.29) is 62.0 Å². The number of benzene rings is 2. The minimum absolute atomic E-state index is 0.0267. The number of aromatic hydroxyl groups is 3. The lowest BCUT2D eigenvalue weighted by atomic mass is 9.91. The lowest BCUT2D eigenvalue weighted by molar-refractivity contribution is 0.0699. The Morgan fingerprint density at radius 1 is 1.00 bits per heavy atom. The summed E-state index contributed by atoms with van der Waals surface area (Å²) in [6, 6.07) is 3.11. The van der Waals surface area contributed by atoms with Crippen molar-refractivity contribution in [1.29, 1.82) is 0 Å². The summed E-state index contributed by atoms with van der Waals surface area (Å²) < 4.78 is 0. The number of rotatable bonds is 4. The lowest BCUT2D eigenvalue weighted by Gasteiger charge is -2.31. The maximum absolute atomic E-state index is 11.6. The molecular formula is C23H26N4O5. The molecule has 0 amide bonds. The number of fused-ring (bicyclic) bond motifs is 2. The highest BCUT2D eigenvalue weighted by Crippen LogP contribution is 2.39. The molecule has 0 bridgehead atoms. The molecule has 4 N–H and O–H groups in total. The number of nitrogens with zero attached hydrogens (tertiary/aromatic N) is 4. The number of aliphatic imine (C=N–C) groups is 1. The van der Waals surface area contributed by atoms with Crippen LogP contribution in [0.5, 0.6) is 17.2 Å². The van der Waals surface area contributed by atoms with Crippen LogP contribution in [0.2, 0.25) is 0 Å². The maximum atomic E-state index is 11.6. The van der Waals surface area contributed by atoms with Crippen LogP contribution in [0, 0.1) is 6.92 Å². The van der Waals surface area contributed by atoms with Gasteiger partial charge in [-0.1, -0.05) is 0 Å². The van der Waals surface area contributed by atoms with E-state index in [0.717, 1.165) is 25.7 Å². The van der Waals surface area contributed by atoms with Crippen molar-refractivity contribution in [3.63, 3.8) is 0 Å². The Kier molecular flexibility index (Phi) is 5.60. The zero-order valence-electron chi connectivity index (χ0n) is 18.2. The average Bonchev–Trinajstić information content (AvgIpc) is 2.77. The number of carbonyl (C=O) groups is 1. The van der Waals surface area contributed by atoms with Crippen LogP contribution in [0.3, 0.4) is 0 Å². The first-order valence-corrected chi connectivity index (χ1v) is 10.5. The van der Waals surface area contributed by atoms with Gasteiger partial charge in [0.25, 0.3) is 0 Å². The minimum atomic E-state index is -1.23. The molecule has 1 aliphatic rings. The molecule has 3 aromatic rings. The first-order valence-electron chi connectivity index (χ1n) is 10.5. The molecule has 1 heterocycles. The van der Waals surface area contributed by atoms with Crippen LogP contribution in [-0.4, -0.2) is 73.7 Å².